The monoisotopic (exact) mass is 910 g/mol. The molecule has 0 unspecified atom stereocenters. The summed E-state index contributed by atoms with van der Waals surface area (Å²) in [7, 11) is 0. The van der Waals surface area contributed by atoms with E-state index >= 15 is 0 Å². The SMILES string of the molecule is C(=Cc1ccc(N(c2ccc(C=Cc3ccccc3)cc2)c2ccc(-c3ccc(N(c4ccc(C=Cc5ccccc5)cc4)c4ccc(C=Cc5ccccc5)cc4)cc3)cc2)cc1)Cc1ccccc1. The molecule has 2 heteroatoms. The maximum Gasteiger partial charge on any atom is 0.0462 e. The van der Waals surface area contributed by atoms with Gasteiger partial charge in [0, 0.05) is 34.1 Å². The maximum atomic E-state index is 2.33. The summed E-state index contributed by atoms with van der Waals surface area (Å²) in [5.74, 6) is 0. The van der Waals surface area contributed by atoms with Gasteiger partial charge in [0.1, 0.15) is 0 Å². The van der Waals surface area contributed by atoms with Crippen molar-refractivity contribution in [3.05, 3.63) is 318 Å². The molecule has 0 aromatic heterocycles. The molecule has 340 valence electrons. The lowest BCUT2D eigenvalue weighted by atomic mass is 10.0. The predicted octanol–water partition coefficient (Wildman–Crippen LogP) is 19.1. The number of nitrogens with zero attached hydrogens (tertiary/aromatic N) is 2. The van der Waals surface area contributed by atoms with E-state index in [0.29, 0.717) is 0 Å². The van der Waals surface area contributed by atoms with E-state index in [1.807, 2.05) is 18.2 Å². The van der Waals surface area contributed by atoms with Crippen molar-refractivity contribution in [2.45, 2.75) is 6.42 Å². The smallest absolute Gasteiger partial charge is 0.0462 e. The van der Waals surface area contributed by atoms with Crippen molar-refractivity contribution >= 4 is 76.7 Å². The van der Waals surface area contributed by atoms with Gasteiger partial charge >= 0.3 is 0 Å². The largest absolute Gasteiger partial charge is 0.311 e. The Morgan fingerprint density at radius 1 is 0.211 bits per heavy atom. The second kappa shape index (κ2) is 22.7. The van der Waals surface area contributed by atoms with Gasteiger partial charge < -0.3 is 9.80 Å². The number of hydrogen-bond donors (Lipinski definition) is 0. The predicted molar refractivity (Wildman–Crippen MR) is 307 cm³/mol. The molecule has 10 aromatic rings. The van der Waals surface area contributed by atoms with Gasteiger partial charge in [-0.25, -0.2) is 0 Å². The average Bonchev–Trinajstić information content (AvgIpc) is 3.44. The molecule has 0 heterocycles. The first-order valence-electron chi connectivity index (χ1n) is 24.3. The van der Waals surface area contributed by atoms with Crippen LogP contribution in [0.1, 0.15) is 44.5 Å². The Kier molecular flexibility index (Phi) is 14.6. The van der Waals surface area contributed by atoms with Gasteiger partial charge in [0.15, 0.2) is 0 Å². The minimum absolute atomic E-state index is 0.899. The highest BCUT2D eigenvalue weighted by Crippen LogP contribution is 2.39. The fraction of sp³-hybridized carbons (Fsp3) is 0.0145. The third-order valence-corrected chi connectivity index (χ3v) is 12.5. The molecule has 0 radical (unpaired) electrons. The summed E-state index contributed by atoms with van der Waals surface area (Å²) in [4.78, 5) is 4.66. The topological polar surface area (TPSA) is 6.48 Å². The zero-order chi connectivity index (χ0) is 47.9. The first-order valence-corrected chi connectivity index (χ1v) is 24.3. The van der Waals surface area contributed by atoms with E-state index in [9.17, 15) is 0 Å². The molecule has 0 saturated carbocycles. The van der Waals surface area contributed by atoms with Crippen LogP contribution in [-0.4, -0.2) is 0 Å². The zero-order valence-electron chi connectivity index (χ0n) is 39.6. The molecule has 0 bridgehead atoms. The van der Waals surface area contributed by atoms with Gasteiger partial charge in [-0.3, -0.25) is 0 Å². The molecular weight excluding hydrogens is 857 g/mol. The van der Waals surface area contributed by atoms with Crippen LogP contribution in [0, 0.1) is 0 Å². The Balaban J connectivity index is 0.917. The fourth-order valence-corrected chi connectivity index (χ4v) is 8.65. The lowest BCUT2D eigenvalue weighted by Crippen LogP contribution is -2.10. The average molecular weight is 911 g/mol. The van der Waals surface area contributed by atoms with E-state index in [-0.39, 0.29) is 0 Å². The van der Waals surface area contributed by atoms with Crippen LogP contribution in [0.25, 0.3) is 53.7 Å². The van der Waals surface area contributed by atoms with Crippen molar-refractivity contribution in [3.63, 3.8) is 0 Å². The van der Waals surface area contributed by atoms with Gasteiger partial charge in [0.25, 0.3) is 0 Å². The Labute approximate surface area is 419 Å². The number of benzene rings is 10. The second-order valence-corrected chi connectivity index (χ2v) is 17.5. The Morgan fingerprint density at radius 3 is 0.718 bits per heavy atom. The second-order valence-electron chi connectivity index (χ2n) is 17.5. The number of hydrogen-bond acceptors (Lipinski definition) is 2. The molecule has 0 amide bonds. The summed E-state index contributed by atoms with van der Waals surface area (Å²) in [6.07, 6.45) is 18.3. The van der Waals surface area contributed by atoms with Crippen LogP contribution in [0.4, 0.5) is 34.1 Å². The summed E-state index contributed by atoms with van der Waals surface area (Å²) in [6, 6.07) is 94.9. The van der Waals surface area contributed by atoms with Crippen LogP contribution in [-0.2, 0) is 6.42 Å². The van der Waals surface area contributed by atoms with Crippen LogP contribution < -0.4 is 9.80 Å². The van der Waals surface area contributed by atoms with E-state index in [2.05, 4.69) is 307 Å². The van der Waals surface area contributed by atoms with Gasteiger partial charge in [-0.15, -0.1) is 0 Å². The van der Waals surface area contributed by atoms with E-state index in [0.717, 1.165) is 68.4 Å². The molecule has 0 N–H and O–H groups in total. The van der Waals surface area contributed by atoms with Crippen molar-refractivity contribution in [3.8, 4) is 11.1 Å². The summed E-state index contributed by atoms with van der Waals surface area (Å²) in [6.45, 7) is 0. The van der Waals surface area contributed by atoms with E-state index in [1.54, 1.807) is 0 Å². The maximum absolute atomic E-state index is 2.33. The molecular formula is C69H54N2. The molecule has 0 fully saturated rings. The molecule has 0 saturated heterocycles. The van der Waals surface area contributed by atoms with Crippen LogP contribution in [0.3, 0.4) is 0 Å². The zero-order valence-corrected chi connectivity index (χ0v) is 39.6. The Bertz CT molecular complexity index is 3240. The summed E-state index contributed by atoms with van der Waals surface area (Å²) >= 11 is 0. The number of rotatable bonds is 16. The Morgan fingerprint density at radius 2 is 0.437 bits per heavy atom. The lowest BCUT2D eigenvalue weighted by molar-refractivity contribution is 1.27. The van der Waals surface area contributed by atoms with Gasteiger partial charge in [-0.1, -0.05) is 243 Å². The summed E-state index contributed by atoms with van der Waals surface area (Å²) < 4.78 is 0. The lowest BCUT2D eigenvalue weighted by Gasteiger charge is -2.26. The molecule has 0 spiro atoms. The summed E-state index contributed by atoms with van der Waals surface area (Å²) in [5.41, 5.74) is 18.3. The molecule has 71 heavy (non-hydrogen) atoms. The molecule has 0 atom stereocenters. The molecule has 10 aromatic carbocycles. The van der Waals surface area contributed by atoms with Gasteiger partial charge in [-0.05, 0) is 135 Å². The molecule has 0 aliphatic heterocycles. The Hall–Kier alpha value is -9.24. The third kappa shape index (κ3) is 12.1. The minimum Gasteiger partial charge on any atom is -0.311 e. The third-order valence-electron chi connectivity index (χ3n) is 12.5. The number of allylic oxidation sites excluding steroid dienone is 1. The van der Waals surface area contributed by atoms with Crippen LogP contribution in [0.2, 0.25) is 0 Å². The normalized spacial score (nSPS) is 11.5. The molecule has 0 aliphatic rings. The van der Waals surface area contributed by atoms with Gasteiger partial charge in [0.05, 0.1) is 0 Å². The number of anilines is 6. The van der Waals surface area contributed by atoms with Crippen LogP contribution in [0.5, 0.6) is 0 Å². The fourth-order valence-electron chi connectivity index (χ4n) is 8.65. The van der Waals surface area contributed by atoms with Crippen molar-refractivity contribution < 1.29 is 0 Å². The van der Waals surface area contributed by atoms with E-state index < -0.39 is 0 Å². The van der Waals surface area contributed by atoms with Crippen molar-refractivity contribution in [1.29, 1.82) is 0 Å². The van der Waals surface area contributed by atoms with Crippen LogP contribution in [0.15, 0.2) is 273 Å². The quantitative estimate of drug-likeness (QED) is 0.0891. The van der Waals surface area contributed by atoms with Crippen molar-refractivity contribution in [1.82, 2.24) is 0 Å². The molecule has 10 rings (SSSR count). The summed E-state index contributed by atoms with van der Waals surface area (Å²) in [5, 5.41) is 0. The highest BCUT2D eigenvalue weighted by Gasteiger charge is 2.15. The first kappa shape index (κ1) is 45.5. The standard InChI is InChI=1S/C69H54N2/c1-5-14-54(15-6-1)22-13-23-58-30-42-64(43-31-58)70(65-44-32-59(33-45-65)27-24-55-16-7-2-8-17-55)68-50-38-62(39-51-68)63-40-52-69(53-41-63)71(66-46-34-60(35-47-66)28-25-56-18-9-3-10-19-56)67-48-36-61(37-49-67)29-26-57-20-11-4-12-21-57/h1-21,23-53H,22H2. The van der Waals surface area contributed by atoms with Gasteiger partial charge in [-0.2, -0.15) is 0 Å². The van der Waals surface area contributed by atoms with Crippen molar-refractivity contribution in [2.24, 2.45) is 0 Å². The van der Waals surface area contributed by atoms with E-state index in [4.69, 9.17) is 0 Å². The van der Waals surface area contributed by atoms with Gasteiger partial charge in [0.2, 0.25) is 0 Å². The van der Waals surface area contributed by atoms with Crippen LogP contribution >= 0.6 is 0 Å². The highest BCUT2D eigenvalue weighted by molar-refractivity contribution is 5.83. The molecule has 0 aliphatic carbocycles. The first-order chi connectivity index (χ1) is 35.2. The van der Waals surface area contributed by atoms with E-state index in [1.165, 1.54) is 27.8 Å². The molecule has 2 nitrogen and oxygen atoms in total. The van der Waals surface area contributed by atoms with Crippen molar-refractivity contribution in [2.75, 3.05) is 9.80 Å². The highest BCUT2D eigenvalue weighted by atomic mass is 15.1. The minimum atomic E-state index is 0.899.